The molecule has 0 N–H and O–H groups in total. The number of benzene rings is 1. The molecule has 9 heteroatoms. The van der Waals surface area contributed by atoms with E-state index in [-0.39, 0.29) is 37.2 Å². The third-order valence-electron chi connectivity index (χ3n) is 3.15. The van der Waals surface area contributed by atoms with Crippen molar-refractivity contribution >= 4 is 32.6 Å². The number of nitriles is 1. The Morgan fingerprint density at radius 2 is 2.12 bits per heavy atom. The largest absolute Gasteiger partial charge is 0.486 e. The van der Waals surface area contributed by atoms with Gasteiger partial charge in [-0.15, -0.1) is 0 Å². The van der Waals surface area contributed by atoms with Gasteiger partial charge in [-0.25, -0.2) is 8.78 Å². The number of aromatic nitrogens is 1. The Hall–Kier alpha value is -2.47. The van der Waals surface area contributed by atoms with Crippen LogP contribution in [0.25, 0.3) is 10.9 Å². The van der Waals surface area contributed by atoms with Crippen molar-refractivity contribution in [1.29, 1.82) is 5.26 Å². The number of nitrogens with zero attached hydrogens (tertiary/aromatic N) is 3. The normalized spacial score (nSPS) is 11.7. The van der Waals surface area contributed by atoms with Gasteiger partial charge in [0.1, 0.15) is 29.7 Å². The summed E-state index contributed by atoms with van der Waals surface area (Å²) in [5.74, 6) is -0.692. The van der Waals surface area contributed by atoms with E-state index in [0.717, 1.165) is 0 Å². The zero-order valence-corrected chi connectivity index (χ0v) is 14.8. The van der Waals surface area contributed by atoms with Crippen LogP contribution in [-0.2, 0) is 0 Å². The Bertz CT molecular complexity index is 885. The molecule has 25 heavy (non-hydrogen) atoms. The van der Waals surface area contributed by atoms with Crippen LogP contribution >= 0.6 is 15.9 Å². The highest BCUT2D eigenvalue weighted by atomic mass is 79.9. The summed E-state index contributed by atoms with van der Waals surface area (Å²) in [6.45, 7) is -0.809. The molecule has 0 aliphatic carbocycles. The summed E-state index contributed by atoms with van der Waals surface area (Å²) in [6.07, 6.45) is -1.37. The molecule has 132 valence electrons. The number of carbonyl (C=O) groups excluding carboxylic acids is 1. The predicted molar refractivity (Wildman–Crippen MR) is 89.4 cm³/mol. The van der Waals surface area contributed by atoms with Crippen LogP contribution in [0.4, 0.5) is 13.3 Å². The summed E-state index contributed by atoms with van der Waals surface area (Å²) in [4.78, 5) is 14.0. The van der Waals surface area contributed by atoms with Gasteiger partial charge >= 0.3 is 0 Å². The van der Waals surface area contributed by atoms with Gasteiger partial charge in [0.05, 0.1) is 9.99 Å². The third-order valence-corrected chi connectivity index (χ3v) is 3.77. The first-order valence-corrected chi connectivity index (χ1v) is 7.79. The van der Waals surface area contributed by atoms with Crippen molar-refractivity contribution in [2.45, 2.75) is 6.43 Å². The van der Waals surface area contributed by atoms with Crippen molar-refractivity contribution in [1.82, 2.24) is 9.69 Å². The summed E-state index contributed by atoms with van der Waals surface area (Å²) in [6, 6.07) is 5.63. The highest BCUT2D eigenvalue weighted by molar-refractivity contribution is 9.10. The van der Waals surface area contributed by atoms with E-state index in [0.29, 0.717) is 0 Å². The number of fused-ring (bicyclic) bond motifs is 1. The summed E-state index contributed by atoms with van der Waals surface area (Å²) in [5, 5.41) is 9.36. The lowest BCUT2D eigenvalue weighted by atomic mass is 10.1. The van der Waals surface area contributed by atoms with E-state index in [2.05, 4.69) is 15.9 Å². The fourth-order valence-corrected chi connectivity index (χ4v) is 2.58. The number of Topliss-reactive ketones (excluding diaryl/α,β-unsaturated/α-hetero) is 1. The molecule has 0 saturated carbocycles. The van der Waals surface area contributed by atoms with Gasteiger partial charge in [0.15, 0.2) is 0 Å². The van der Waals surface area contributed by atoms with Crippen molar-refractivity contribution in [2.75, 3.05) is 20.7 Å². The number of hydrogen-bond donors (Lipinski definition) is 0. The molecule has 0 unspecified atom stereocenters. The quantitative estimate of drug-likeness (QED) is 0.407. The monoisotopic (exact) mass is 415 g/mol. The Morgan fingerprint density at radius 3 is 2.68 bits per heavy atom. The van der Waals surface area contributed by atoms with E-state index in [1.165, 1.54) is 29.3 Å². The van der Waals surface area contributed by atoms with Gasteiger partial charge in [0.2, 0.25) is 5.78 Å². The van der Waals surface area contributed by atoms with E-state index in [4.69, 9.17) is 10.00 Å². The van der Waals surface area contributed by atoms with Crippen LogP contribution in [0, 0.1) is 11.3 Å². The van der Waals surface area contributed by atoms with Crippen molar-refractivity contribution in [3.05, 3.63) is 40.1 Å². The molecule has 1 heterocycles. The highest BCUT2D eigenvalue weighted by Gasteiger charge is 2.21. The second kappa shape index (κ2) is 7.61. The maximum absolute atomic E-state index is 14.5. The van der Waals surface area contributed by atoms with Gasteiger partial charge in [-0.05, 0) is 34.1 Å². The average molecular weight is 416 g/mol. The molecule has 0 fully saturated rings. The highest BCUT2D eigenvalue weighted by Crippen LogP contribution is 2.33. The van der Waals surface area contributed by atoms with Crippen LogP contribution in [0.2, 0.25) is 0 Å². The number of allylic oxidation sites excluding steroid dienone is 1. The summed E-state index contributed by atoms with van der Waals surface area (Å²) in [7, 11) is 3.25. The molecule has 0 atom stereocenters. The number of carbonyl (C=O) groups is 1. The number of ketones is 1. The van der Waals surface area contributed by atoms with E-state index >= 15 is 0 Å². The van der Waals surface area contributed by atoms with E-state index in [1.807, 2.05) is 0 Å². The van der Waals surface area contributed by atoms with Crippen LogP contribution in [0.15, 0.2) is 34.4 Å². The minimum absolute atomic E-state index is 0.0433. The lowest BCUT2D eigenvalue weighted by Gasteiger charge is -2.08. The first-order valence-electron chi connectivity index (χ1n) is 6.99. The Labute approximate surface area is 149 Å². The standard InChI is InChI=1S/C16H13BrF3N3O2/c1-22(2)7-10(6-21)16(24)13-3-9-4-14(25-8-15(18)19)11(17)5-12(9)23(13)20/h3-5,7,15H,8H2,1-2H3/b10-7+. The summed E-state index contributed by atoms with van der Waals surface area (Å²) in [5.41, 5.74) is -0.538. The number of alkyl halides is 2. The molecular weight excluding hydrogens is 403 g/mol. The molecule has 2 rings (SSSR count). The van der Waals surface area contributed by atoms with Crippen LogP contribution in [0.3, 0.4) is 0 Å². The van der Waals surface area contributed by atoms with Crippen molar-refractivity contribution < 1.29 is 22.8 Å². The van der Waals surface area contributed by atoms with Crippen LogP contribution in [0.5, 0.6) is 5.75 Å². The van der Waals surface area contributed by atoms with E-state index in [1.54, 1.807) is 20.2 Å². The molecule has 2 aromatic rings. The second-order valence-corrected chi connectivity index (χ2v) is 6.16. The predicted octanol–water partition coefficient (Wildman–Crippen LogP) is 3.93. The molecule has 0 spiro atoms. The van der Waals surface area contributed by atoms with Gasteiger partial charge in [-0.2, -0.15) is 10.1 Å². The SMILES string of the molecule is CN(C)/C=C(\C#N)C(=O)c1cc2cc(OCC(F)F)c(Br)cc2n1F. The molecule has 0 aliphatic rings. The number of rotatable bonds is 6. The first-order chi connectivity index (χ1) is 11.7. The molecule has 0 radical (unpaired) electrons. The molecule has 5 nitrogen and oxygen atoms in total. The molecule has 1 aromatic heterocycles. The topological polar surface area (TPSA) is 58.3 Å². The fourth-order valence-electron chi connectivity index (χ4n) is 2.13. The minimum Gasteiger partial charge on any atom is -0.486 e. The molecule has 0 bridgehead atoms. The van der Waals surface area contributed by atoms with Gasteiger partial charge in [-0.3, -0.25) is 4.79 Å². The Morgan fingerprint density at radius 1 is 1.44 bits per heavy atom. The molecular formula is C16H13BrF3N3O2. The van der Waals surface area contributed by atoms with Gasteiger partial charge in [0, 0.05) is 25.7 Å². The van der Waals surface area contributed by atoms with Crippen molar-refractivity contribution in [2.24, 2.45) is 0 Å². The Kier molecular flexibility index (Phi) is 5.74. The maximum Gasteiger partial charge on any atom is 0.272 e. The Balaban J connectivity index is 2.48. The van der Waals surface area contributed by atoms with E-state index < -0.39 is 18.8 Å². The van der Waals surface area contributed by atoms with Crippen LogP contribution < -0.4 is 4.74 Å². The summed E-state index contributed by atoms with van der Waals surface area (Å²) >= 11 is 3.12. The zero-order valence-electron chi connectivity index (χ0n) is 13.3. The van der Waals surface area contributed by atoms with Crippen LogP contribution in [0.1, 0.15) is 10.5 Å². The molecule has 0 saturated heterocycles. The lowest BCUT2D eigenvalue weighted by Crippen LogP contribution is -2.10. The fraction of sp³-hybridized carbons (Fsp3) is 0.250. The van der Waals surface area contributed by atoms with E-state index in [9.17, 15) is 18.1 Å². The third kappa shape index (κ3) is 4.14. The van der Waals surface area contributed by atoms with Crippen LogP contribution in [-0.4, -0.2) is 42.6 Å². The number of hydrogen-bond acceptors (Lipinski definition) is 4. The first kappa shape index (κ1) is 18.9. The second-order valence-electron chi connectivity index (χ2n) is 5.30. The van der Waals surface area contributed by atoms with Gasteiger partial charge in [-0.1, -0.05) is 4.48 Å². The molecule has 0 amide bonds. The summed E-state index contributed by atoms with van der Waals surface area (Å²) < 4.78 is 44.3. The number of halogens is 4. The molecule has 1 aromatic carbocycles. The number of ether oxygens (including phenoxy) is 1. The average Bonchev–Trinajstić information content (AvgIpc) is 2.85. The molecule has 0 aliphatic heterocycles. The minimum atomic E-state index is -2.65. The van der Waals surface area contributed by atoms with Gasteiger partial charge in [0.25, 0.3) is 6.43 Å². The van der Waals surface area contributed by atoms with Gasteiger partial charge < -0.3 is 9.64 Å². The maximum atomic E-state index is 14.5. The smallest absolute Gasteiger partial charge is 0.272 e. The van der Waals surface area contributed by atoms with Crippen molar-refractivity contribution in [3.63, 3.8) is 0 Å². The lowest BCUT2D eigenvalue weighted by molar-refractivity contribution is 0.0816. The zero-order chi connectivity index (χ0) is 18.7. The van der Waals surface area contributed by atoms with Crippen molar-refractivity contribution in [3.8, 4) is 11.8 Å².